The Balaban J connectivity index is 1.35. The number of pyridine rings is 1. The van der Waals surface area contributed by atoms with Gasteiger partial charge in [0.2, 0.25) is 11.9 Å². The van der Waals surface area contributed by atoms with Crippen molar-refractivity contribution in [2.24, 2.45) is 0 Å². The predicted octanol–water partition coefficient (Wildman–Crippen LogP) is 4.77. The third-order valence-corrected chi connectivity index (χ3v) is 6.96. The van der Waals surface area contributed by atoms with Crippen molar-refractivity contribution in [2.45, 2.75) is 11.8 Å². The second kappa shape index (κ2) is 10.0. The number of hydrogen-bond acceptors (Lipinski definition) is 7. The van der Waals surface area contributed by atoms with Crippen molar-refractivity contribution in [3.63, 3.8) is 0 Å². The lowest BCUT2D eigenvalue weighted by Crippen LogP contribution is -2.12. The Bertz CT molecular complexity index is 1770. The minimum atomic E-state index is -3.80. The molecule has 5 aromatic rings. The van der Waals surface area contributed by atoms with Gasteiger partial charge in [0.05, 0.1) is 16.5 Å². The van der Waals surface area contributed by atoms with Gasteiger partial charge in [0.15, 0.2) is 5.65 Å². The van der Waals surface area contributed by atoms with Crippen LogP contribution in [0, 0.1) is 11.3 Å². The molecule has 11 heteroatoms. The molecule has 3 N–H and O–H groups in total. The van der Waals surface area contributed by atoms with Gasteiger partial charge in [0.25, 0.3) is 10.0 Å². The topological polar surface area (TPSA) is 141 Å². The number of hydrogen-bond donors (Lipinski definition) is 3. The summed E-state index contributed by atoms with van der Waals surface area (Å²) < 4.78 is 29.6. The lowest BCUT2D eigenvalue weighted by Gasteiger charge is -2.09. The Morgan fingerprint density at radius 3 is 2.21 bits per heavy atom. The SMILES string of the molecule is CC(=O)Nc1ccc(Nc2nc3c(-c4ccc(NS(=O)(=O)c5ccc(C#N)cc5)cc4)cccn3n2)cc1. The zero-order valence-electron chi connectivity index (χ0n) is 20.1. The summed E-state index contributed by atoms with van der Waals surface area (Å²) in [5, 5.41) is 19.3. The summed E-state index contributed by atoms with van der Waals surface area (Å²) >= 11 is 0. The number of nitrogens with one attached hydrogen (secondary N) is 3. The first-order chi connectivity index (χ1) is 18.3. The van der Waals surface area contributed by atoms with E-state index in [0.717, 1.165) is 16.8 Å². The van der Waals surface area contributed by atoms with Crippen LogP contribution >= 0.6 is 0 Å². The molecule has 0 aliphatic heterocycles. The largest absolute Gasteiger partial charge is 0.326 e. The Kier molecular flexibility index (Phi) is 6.47. The fourth-order valence-corrected chi connectivity index (χ4v) is 4.85. The van der Waals surface area contributed by atoms with Gasteiger partial charge >= 0.3 is 0 Å². The Labute approximate surface area is 218 Å². The minimum absolute atomic E-state index is 0.0681. The molecule has 0 saturated carbocycles. The van der Waals surface area contributed by atoms with Gasteiger partial charge in [-0.25, -0.2) is 12.9 Å². The van der Waals surface area contributed by atoms with Crippen molar-refractivity contribution in [3.8, 4) is 17.2 Å². The second-order valence-electron chi connectivity index (χ2n) is 8.33. The molecule has 0 fully saturated rings. The molecule has 188 valence electrons. The highest BCUT2D eigenvalue weighted by Crippen LogP contribution is 2.27. The summed E-state index contributed by atoms with van der Waals surface area (Å²) in [5.41, 5.74) is 4.50. The van der Waals surface area contributed by atoms with E-state index in [1.165, 1.54) is 31.2 Å². The van der Waals surface area contributed by atoms with Crippen molar-refractivity contribution >= 4 is 44.6 Å². The maximum atomic E-state index is 12.7. The van der Waals surface area contributed by atoms with Gasteiger partial charge in [-0.2, -0.15) is 10.2 Å². The molecular weight excluding hydrogens is 502 g/mol. The van der Waals surface area contributed by atoms with Crippen LogP contribution in [-0.4, -0.2) is 28.9 Å². The Morgan fingerprint density at radius 1 is 0.895 bits per heavy atom. The van der Waals surface area contributed by atoms with Gasteiger partial charge in [0.1, 0.15) is 0 Å². The first-order valence-electron chi connectivity index (χ1n) is 11.4. The molecule has 0 saturated heterocycles. The van der Waals surface area contributed by atoms with Crippen LogP contribution in [0.5, 0.6) is 0 Å². The number of carbonyl (C=O) groups is 1. The van der Waals surface area contributed by atoms with Crippen molar-refractivity contribution in [1.82, 2.24) is 14.6 Å². The quantitative estimate of drug-likeness (QED) is 0.279. The van der Waals surface area contributed by atoms with E-state index in [1.54, 1.807) is 47.1 Å². The summed E-state index contributed by atoms with van der Waals surface area (Å²) in [6, 6.07) is 25.6. The minimum Gasteiger partial charge on any atom is -0.326 e. The lowest BCUT2D eigenvalue weighted by atomic mass is 10.1. The number of benzene rings is 3. The Hall–Kier alpha value is -5.21. The maximum absolute atomic E-state index is 12.7. The predicted molar refractivity (Wildman–Crippen MR) is 144 cm³/mol. The zero-order valence-corrected chi connectivity index (χ0v) is 20.9. The lowest BCUT2D eigenvalue weighted by molar-refractivity contribution is -0.114. The summed E-state index contributed by atoms with van der Waals surface area (Å²) in [4.78, 5) is 15.9. The van der Waals surface area contributed by atoms with Crippen LogP contribution in [0.15, 0.2) is 96.0 Å². The fourth-order valence-electron chi connectivity index (χ4n) is 3.79. The van der Waals surface area contributed by atoms with E-state index < -0.39 is 10.0 Å². The highest BCUT2D eigenvalue weighted by atomic mass is 32.2. The zero-order chi connectivity index (χ0) is 26.7. The summed E-state index contributed by atoms with van der Waals surface area (Å²) in [5.74, 6) is 0.258. The third-order valence-electron chi connectivity index (χ3n) is 5.57. The molecule has 2 aromatic heterocycles. The van der Waals surface area contributed by atoms with Crippen LogP contribution in [0.25, 0.3) is 16.8 Å². The smallest absolute Gasteiger partial charge is 0.261 e. The first kappa shape index (κ1) is 24.5. The molecule has 38 heavy (non-hydrogen) atoms. The number of nitrogens with zero attached hydrogens (tertiary/aromatic N) is 4. The van der Waals surface area contributed by atoms with Crippen LogP contribution in [0.3, 0.4) is 0 Å². The average Bonchev–Trinajstić information content (AvgIpc) is 3.32. The first-order valence-corrected chi connectivity index (χ1v) is 12.9. The number of anilines is 4. The number of fused-ring (bicyclic) bond motifs is 1. The molecular formula is C27H21N7O3S. The molecule has 0 spiro atoms. The molecule has 0 radical (unpaired) electrons. The number of sulfonamides is 1. The van der Waals surface area contributed by atoms with Gasteiger partial charge in [-0.05, 0) is 78.4 Å². The van der Waals surface area contributed by atoms with Crippen molar-refractivity contribution < 1.29 is 13.2 Å². The molecule has 0 bridgehead atoms. The van der Waals surface area contributed by atoms with Gasteiger partial charge in [-0.3, -0.25) is 9.52 Å². The van der Waals surface area contributed by atoms with E-state index in [-0.39, 0.29) is 10.8 Å². The van der Waals surface area contributed by atoms with E-state index in [9.17, 15) is 13.2 Å². The van der Waals surface area contributed by atoms with Crippen LogP contribution in [-0.2, 0) is 14.8 Å². The van der Waals surface area contributed by atoms with Crippen molar-refractivity contribution in [2.75, 3.05) is 15.4 Å². The molecule has 0 unspecified atom stereocenters. The number of aromatic nitrogens is 3. The van der Waals surface area contributed by atoms with E-state index in [2.05, 4.69) is 25.4 Å². The van der Waals surface area contributed by atoms with E-state index in [0.29, 0.717) is 28.5 Å². The van der Waals surface area contributed by atoms with E-state index in [1.807, 2.05) is 30.3 Å². The van der Waals surface area contributed by atoms with E-state index >= 15 is 0 Å². The summed E-state index contributed by atoms with van der Waals surface area (Å²) in [7, 11) is -3.80. The van der Waals surface area contributed by atoms with Crippen LogP contribution in [0.1, 0.15) is 12.5 Å². The summed E-state index contributed by atoms with van der Waals surface area (Å²) in [6.45, 7) is 1.45. The molecule has 10 nitrogen and oxygen atoms in total. The molecule has 0 aliphatic rings. The summed E-state index contributed by atoms with van der Waals surface area (Å²) in [6.07, 6.45) is 1.79. The normalized spacial score (nSPS) is 11.1. The highest BCUT2D eigenvalue weighted by molar-refractivity contribution is 7.92. The number of carbonyl (C=O) groups excluding carboxylic acids is 1. The molecule has 5 rings (SSSR count). The molecule has 1 amide bonds. The van der Waals surface area contributed by atoms with Gasteiger partial charge in [-0.1, -0.05) is 12.1 Å². The average molecular weight is 524 g/mol. The van der Waals surface area contributed by atoms with Gasteiger partial charge in [0, 0.05) is 35.7 Å². The fraction of sp³-hybridized carbons (Fsp3) is 0.0370. The van der Waals surface area contributed by atoms with E-state index in [4.69, 9.17) is 5.26 Å². The van der Waals surface area contributed by atoms with Crippen LogP contribution in [0.2, 0.25) is 0 Å². The van der Waals surface area contributed by atoms with Crippen molar-refractivity contribution in [1.29, 1.82) is 5.26 Å². The maximum Gasteiger partial charge on any atom is 0.261 e. The molecule has 0 atom stereocenters. The second-order valence-corrected chi connectivity index (χ2v) is 10.0. The Morgan fingerprint density at radius 2 is 1.55 bits per heavy atom. The molecule has 3 aromatic carbocycles. The van der Waals surface area contributed by atoms with Gasteiger partial charge < -0.3 is 10.6 Å². The monoisotopic (exact) mass is 523 g/mol. The van der Waals surface area contributed by atoms with Crippen molar-refractivity contribution in [3.05, 3.63) is 96.7 Å². The van der Waals surface area contributed by atoms with Gasteiger partial charge in [-0.15, -0.1) is 5.10 Å². The van der Waals surface area contributed by atoms with Crippen LogP contribution < -0.4 is 15.4 Å². The number of rotatable bonds is 7. The third kappa shape index (κ3) is 5.30. The standard InChI is InChI=1S/C27H21N7O3S/c1-18(35)29-21-10-12-22(13-11-21)30-27-31-26-25(3-2-16-34(26)32-27)20-6-8-23(9-7-20)33-38(36,37)24-14-4-19(17-28)5-15-24/h2-16,33H,1H3,(H,29,35)(H,30,32). The number of amides is 1. The highest BCUT2D eigenvalue weighted by Gasteiger charge is 2.15. The molecule has 2 heterocycles. The van der Waals surface area contributed by atoms with Crippen LogP contribution in [0.4, 0.5) is 23.0 Å². The molecule has 0 aliphatic carbocycles. The number of nitriles is 1.